The van der Waals surface area contributed by atoms with Crippen LogP contribution in [0.5, 0.6) is 5.75 Å². The van der Waals surface area contributed by atoms with Gasteiger partial charge in [-0.15, -0.1) is 0 Å². The molecule has 2 bridgehead atoms. The minimum Gasteiger partial charge on any atom is -0.497 e. The number of nitrogens with zero attached hydrogens (tertiary/aromatic N) is 3. The summed E-state index contributed by atoms with van der Waals surface area (Å²) in [4.78, 5) is 15.9. The average molecular weight is 367 g/mol. The molecule has 3 aliphatic heterocycles. The lowest BCUT2D eigenvalue weighted by molar-refractivity contribution is 0.167. The number of benzene rings is 1. The summed E-state index contributed by atoms with van der Waals surface area (Å²) in [5.74, 6) is 0.801. The molecule has 0 spiro atoms. The normalized spacial score (nSPS) is 24.0. The van der Waals surface area contributed by atoms with Gasteiger partial charge in [0.1, 0.15) is 5.75 Å². The Morgan fingerprint density at radius 2 is 1.80 bits per heavy atom. The van der Waals surface area contributed by atoms with Crippen LogP contribution in [0, 0.1) is 5.92 Å². The van der Waals surface area contributed by atoms with E-state index >= 15 is 0 Å². The quantitative estimate of drug-likeness (QED) is 0.811. The molecule has 7 nitrogen and oxygen atoms in total. The number of hydrogen-bond donors (Lipinski definition) is 0. The molecule has 0 radical (unpaired) electrons. The Morgan fingerprint density at radius 3 is 2.40 bits per heavy atom. The van der Waals surface area contributed by atoms with Gasteiger partial charge >= 0.3 is 6.03 Å². The summed E-state index contributed by atoms with van der Waals surface area (Å²) in [5.41, 5.74) is 0. The number of sulfonamides is 1. The Labute approximate surface area is 149 Å². The van der Waals surface area contributed by atoms with Crippen molar-refractivity contribution in [2.75, 3.05) is 40.8 Å². The number of piperidine rings is 1. The third-order valence-corrected chi connectivity index (χ3v) is 6.91. The molecule has 0 unspecified atom stereocenters. The highest BCUT2D eigenvalue weighted by Crippen LogP contribution is 2.33. The van der Waals surface area contributed by atoms with Gasteiger partial charge in [0.15, 0.2) is 0 Å². The molecule has 3 aliphatic rings. The molecule has 0 aliphatic carbocycles. The van der Waals surface area contributed by atoms with E-state index in [1.54, 1.807) is 59.6 Å². The third-order valence-electron chi connectivity index (χ3n) is 4.98. The molecule has 4 rings (SSSR count). The predicted molar refractivity (Wildman–Crippen MR) is 94.1 cm³/mol. The Bertz CT molecular complexity index is 733. The predicted octanol–water partition coefficient (Wildman–Crippen LogP) is 1.46. The van der Waals surface area contributed by atoms with E-state index < -0.39 is 10.0 Å². The second-order valence-corrected chi connectivity index (χ2v) is 8.82. The maximum absolute atomic E-state index is 13.1. The first-order valence-electron chi connectivity index (χ1n) is 8.45. The number of carbonyl (C=O) groups is 1. The zero-order valence-corrected chi connectivity index (χ0v) is 15.7. The van der Waals surface area contributed by atoms with Crippen molar-refractivity contribution in [3.63, 3.8) is 0 Å². The minimum atomic E-state index is -3.58. The van der Waals surface area contributed by atoms with Crippen LogP contribution in [0.2, 0.25) is 0 Å². The molecule has 2 atom stereocenters. The zero-order chi connectivity index (χ0) is 18.2. The fourth-order valence-electron chi connectivity index (χ4n) is 3.66. The van der Waals surface area contributed by atoms with E-state index in [0.29, 0.717) is 25.4 Å². The van der Waals surface area contributed by atoms with Crippen molar-refractivity contribution in [2.45, 2.75) is 23.8 Å². The summed E-state index contributed by atoms with van der Waals surface area (Å²) < 4.78 is 32.9. The van der Waals surface area contributed by atoms with Gasteiger partial charge < -0.3 is 14.5 Å². The average Bonchev–Trinajstić information content (AvgIpc) is 2.93. The van der Waals surface area contributed by atoms with Crippen molar-refractivity contribution in [3.05, 3.63) is 24.3 Å². The van der Waals surface area contributed by atoms with Crippen LogP contribution >= 0.6 is 0 Å². The van der Waals surface area contributed by atoms with Crippen molar-refractivity contribution in [2.24, 2.45) is 5.92 Å². The van der Waals surface area contributed by atoms with Gasteiger partial charge in [0.05, 0.1) is 12.0 Å². The molecule has 3 saturated heterocycles. The van der Waals surface area contributed by atoms with Crippen LogP contribution in [-0.2, 0) is 10.0 Å². The second kappa shape index (κ2) is 6.84. The molecule has 25 heavy (non-hydrogen) atoms. The number of hydrogen-bond acceptors (Lipinski definition) is 4. The molecule has 1 aromatic rings. The van der Waals surface area contributed by atoms with E-state index in [2.05, 4.69) is 0 Å². The van der Waals surface area contributed by atoms with E-state index in [4.69, 9.17) is 4.74 Å². The van der Waals surface area contributed by atoms with Crippen molar-refractivity contribution in [3.8, 4) is 5.75 Å². The standard InChI is InChI=1S/C17H25N3O4S/c1-18(2)17(21)19-10-13-4-5-14(12-19)20(11-13)25(22,23)16-8-6-15(24-3)7-9-16/h6-9,13-14H,4-5,10-12H2,1-3H3/t13-,14+/m1/s1. The molecule has 138 valence electrons. The van der Waals surface area contributed by atoms with Gasteiger partial charge in [-0.25, -0.2) is 13.2 Å². The van der Waals surface area contributed by atoms with E-state index in [0.717, 1.165) is 12.8 Å². The topological polar surface area (TPSA) is 70.2 Å². The first-order chi connectivity index (χ1) is 11.8. The lowest BCUT2D eigenvalue weighted by Crippen LogP contribution is -2.48. The highest BCUT2D eigenvalue weighted by atomic mass is 32.2. The van der Waals surface area contributed by atoms with E-state index in [1.165, 1.54) is 0 Å². The molecule has 0 N–H and O–H groups in total. The van der Waals surface area contributed by atoms with Gasteiger partial charge in [0.2, 0.25) is 10.0 Å². The second-order valence-electron chi connectivity index (χ2n) is 6.93. The molecular formula is C17H25N3O4S. The number of carbonyl (C=O) groups excluding carboxylic acids is 1. The fourth-order valence-corrected chi connectivity index (χ4v) is 5.38. The Hall–Kier alpha value is -1.80. The van der Waals surface area contributed by atoms with Crippen molar-refractivity contribution < 1.29 is 17.9 Å². The molecule has 8 heteroatoms. The lowest BCUT2D eigenvalue weighted by atomic mass is 9.97. The van der Waals surface area contributed by atoms with Crippen LogP contribution in [0.3, 0.4) is 0 Å². The summed E-state index contributed by atoms with van der Waals surface area (Å²) >= 11 is 0. The molecule has 0 saturated carbocycles. The summed E-state index contributed by atoms with van der Waals surface area (Å²) in [6, 6.07) is 6.25. The van der Waals surface area contributed by atoms with Gasteiger partial charge in [-0.3, -0.25) is 0 Å². The molecule has 3 heterocycles. The summed E-state index contributed by atoms with van der Waals surface area (Å²) in [5, 5.41) is 0. The summed E-state index contributed by atoms with van der Waals surface area (Å²) in [6.07, 6.45) is 1.74. The highest BCUT2D eigenvalue weighted by molar-refractivity contribution is 7.89. The number of amides is 2. The van der Waals surface area contributed by atoms with Crippen LogP contribution in [0.4, 0.5) is 4.79 Å². The van der Waals surface area contributed by atoms with Crippen LogP contribution in [0.1, 0.15) is 12.8 Å². The zero-order valence-electron chi connectivity index (χ0n) is 14.9. The number of urea groups is 1. The van der Waals surface area contributed by atoms with Crippen molar-refractivity contribution in [1.29, 1.82) is 0 Å². The van der Waals surface area contributed by atoms with Gasteiger partial charge in [0, 0.05) is 39.8 Å². The molecule has 2 amide bonds. The smallest absolute Gasteiger partial charge is 0.319 e. The van der Waals surface area contributed by atoms with E-state index in [-0.39, 0.29) is 22.9 Å². The highest BCUT2D eigenvalue weighted by Gasteiger charge is 2.42. The Kier molecular flexibility index (Phi) is 4.92. The number of rotatable bonds is 3. The first kappa shape index (κ1) is 18.0. The van der Waals surface area contributed by atoms with E-state index in [1.807, 2.05) is 0 Å². The van der Waals surface area contributed by atoms with Crippen molar-refractivity contribution in [1.82, 2.24) is 14.1 Å². The molecular weight excluding hydrogens is 342 g/mol. The maximum Gasteiger partial charge on any atom is 0.319 e. The Morgan fingerprint density at radius 1 is 1.12 bits per heavy atom. The van der Waals surface area contributed by atoms with Crippen LogP contribution in [0.25, 0.3) is 0 Å². The van der Waals surface area contributed by atoms with Gasteiger partial charge in [0.25, 0.3) is 0 Å². The molecule has 0 aromatic heterocycles. The molecule has 1 aromatic carbocycles. The fraction of sp³-hybridized carbons (Fsp3) is 0.588. The lowest BCUT2D eigenvalue weighted by Gasteiger charge is -2.35. The van der Waals surface area contributed by atoms with Gasteiger partial charge in [-0.05, 0) is 43.0 Å². The van der Waals surface area contributed by atoms with Crippen LogP contribution in [-0.4, -0.2) is 75.4 Å². The van der Waals surface area contributed by atoms with E-state index in [9.17, 15) is 13.2 Å². The monoisotopic (exact) mass is 367 g/mol. The van der Waals surface area contributed by atoms with Gasteiger partial charge in [-0.2, -0.15) is 4.31 Å². The van der Waals surface area contributed by atoms with Crippen molar-refractivity contribution >= 4 is 16.1 Å². The summed E-state index contributed by atoms with van der Waals surface area (Å²) in [6.45, 7) is 1.53. The first-order valence-corrected chi connectivity index (χ1v) is 9.89. The number of ether oxygens (including phenoxy) is 1. The summed E-state index contributed by atoms with van der Waals surface area (Å²) in [7, 11) is 1.41. The Balaban J connectivity index is 1.86. The maximum atomic E-state index is 13.1. The van der Waals surface area contributed by atoms with Crippen LogP contribution < -0.4 is 4.74 Å². The molecule has 3 fully saturated rings. The number of methoxy groups -OCH3 is 1. The van der Waals surface area contributed by atoms with Gasteiger partial charge in [-0.1, -0.05) is 0 Å². The largest absolute Gasteiger partial charge is 0.497 e. The minimum absolute atomic E-state index is 0.0550. The number of fused-ring (bicyclic) bond motifs is 4. The van der Waals surface area contributed by atoms with Crippen LogP contribution in [0.15, 0.2) is 29.2 Å². The SMILES string of the molecule is COc1ccc(S(=O)(=O)N2C[C@@H]3CC[C@H]2CN(C(=O)N(C)C)C3)cc1. The third kappa shape index (κ3) is 3.46.